The number of furan rings is 1. The summed E-state index contributed by atoms with van der Waals surface area (Å²) in [5.41, 5.74) is 3.01. The van der Waals surface area contributed by atoms with Crippen LogP contribution in [-0.4, -0.2) is 4.98 Å². The van der Waals surface area contributed by atoms with Gasteiger partial charge in [0.25, 0.3) is 0 Å². The molecule has 1 atom stereocenters. The third-order valence-corrected chi connectivity index (χ3v) is 3.61. The average molecular weight is 287 g/mol. The Bertz CT molecular complexity index is 734. The third kappa shape index (κ3) is 2.37. The lowest BCUT2D eigenvalue weighted by atomic mass is 10.1. The summed E-state index contributed by atoms with van der Waals surface area (Å²) in [5, 5.41) is 5.02. The molecule has 0 aliphatic heterocycles. The standard InChI is InChI=1S/C16H15ClN2O/c1-10-13-5-3-4-6-14(13)20-16(10)11(2)19-12-7-8-15(17)18-9-12/h3-9,11,19H,1-2H3. The Balaban J connectivity index is 1.90. The number of aryl methyl sites for hydroxylation is 1. The number of halogens is 1. The Kier molecular flexibility index (Phi) is 3.36. The first kappa shape index (κ1) is 13.0. The zero-order valence-corrected chi connectivity index (χ0v) is 12.1. The van der Waals surface area contributed by atoms with Crippen LogP contribution in [0.1, 0.15) is 24.3 Å². The first-order valence-electron chi connectivity index (χ1n) is 6.51. The summed E-state index contributed by atoms with van der Waals surface area (Å²) in [6.45, 7) is 4.15. The van der Waals surface area contributed by atoms with Crippen molar-refractivity contribution < 1.29 is 4.42 Å². The molecule has 3 aromatic rings. The summed E-state index contributed by atoms with van der Waals surface area (Å²) in [6.07, 6.45) is 1.72. The molecule has 1 aromatic carbocycles. The SMILES string of the molecule is Cc1c(C(C)Nc2ccc(Cl)nc2)oc2ccccc12. The minimum absolute atomic E-state index is 0.0605. The normalized spacial score (nSPS) is 12.6. The Hall–Kier alpha value is -2.00. The molecule has 0 aliphatic carbocycles. The number of aromatic nitrogens is 1. The van der Waals surface area contributed by atoms with Crippen LogP contribution < -0.4 is 5.32 Å². The van der Waals surface area contributed by atoms with Crippen LogP contribution in [0.3, 0.4) is 0 Å². The topological polar surface area (TPSA) is 38.1 Å². The van der Waals surface area contributed by atoms with Crippen molar-refractivity contribution in [2.24, 2.45) is 0 Å². The van der Waals surface area contributed by atoms with Gasteiger partial charge in [-0.05, 0) is 32.0 Å². The van der Waals surface area contributed by atoms with E-state index >= 15 is 0 Å². The highest BCUT2D eigenvalue weighted by Crippen LogP contribution is 2.30. The molecule has 1 N–H and O–H groups in total. The van der Waals surface area contributed by atoms with Crippen LogP contribution in [0.5, 0.6) is 0 Å². The molecule has 0 aliphatic rings. The molecule has 0 radical (unpaired) electrons. The summed E-state index contributed by atoms with van der Waals surface area (Å²) in [4.78, 5) is 4.06. The van der Waals surface area contributed by atoms with E-state index in [1.165, 1.54) is 5.56 Å². The van der Waals surface area contributed by atoms with E-state index in [9.17, 15) is 0 Å². The number of benzene rings is 1. The molecule has 2 heterocycles. The zero-order valence-electron chi connectivity index (χ0n) is 11.4. The lowest BCUT2D eigenvalue weighted by Gasteiger charge is -2.13. The number of rotatable bonds is 3. The fraction of sp³-hybridized carbons (Fsp3) is 0.188. The van der Waals surface area contributed by atoms with Gasteiger partial charge in [-0.15, -0.1) is 0 Å². The van der Waals surface area contributed by atoms with E-state index in [-0.39, 0.29) is 6.04 Å². The quantitative estimate of drug-likeness (QED) is 0.691. The van der Waals surface area contributed by atoms with Gasteiger partial charge in [-0.25, -0.2) is 4.98 Å². The molecule has 0 saturated heterocycles. The van der Waals surface area contributed by atoms with Crippen molar-refractivity contribution in [3.05, 3.63) is 59.1 Å². The van der Waals surface area contributed by atoms with Crippen LogP contribution in [0.4, 0.5) is 5.69 Å². The fourth-order valence-electron chi connectivity index (χ4n) is 2.38. The Morgan fingerprint density at radius 3 is 2.70 bits per heavy atom. The van der Waals surface area contributed by atoms with Gasteiger partial charge in [0.1, 0.15) is 16.5 Å². The van der Waals surface area contributed by atoms with Crippen molar-refractivity contribution >= 4 is 28.3 Å². The molecule has 20 heavy (non-hydrogen) atoms. The summed E-state index contributed by atoms with van der Waals surface area (Å²) in [5.74, 6) is 0.946. The molecular formula is C16H15ClN2O. The van der Waals surface area contributed by atoms with Gasteiger partial charge in [0.15, 0.2) is 0 Å². The highest BCUT2D eigenvalue weighted by Gasteiger charge is 2.16. The van der Waals surface area contributed by atoms with Crippen LogP contribution in [0.25, 0.3) is 11.0 Å². The van der Waals surface area contributed by atoms with Crippen molar-refractivity contribution in [2.75, 3.05) is 5.32 Å². The Labute approximate surface area is 122 Å². The number of fused-ring (bicyclic) bond motifs is 1. The Morgan fingerprint density at radius 1 is 1.20 bits per heavy atom. The average Bonchev–Trinajstić information content (AvgIpc) is 2.79. The molecule has 0 fully saturated rings. The summed E-state index contributed by atoms with van der Waals surface area (Å²) in [6, 6.07) is 11.8. The predicted molar refractivity (Wildman–Crippen MR) is 82.2 cm³/mol. The largest absolute Gasteiger partial charge is 0.459 e. The van der Waals surface area contributed by atoms with Crippen molar-refractivity contribution in [2.45, 2.75) is 19.9 Å². The number of anilines is 1. The van der Waals surface area contributed by atoms with Gasteiger partial charge < -0.3 is 9.73 Å². The van der Waals surface area contributed by atoms with Gasteiger partial charge in [-0.3, -0.25) is 0 Å². The van der Waals surface area contributed by atoms with Gasteiger partial charge in [-0.1, -0.05) is 29.8 Å². The second kappa shape index (κ2) is 5.17. The molecule has 3 rings (SSSR count). The molecular weight excluding hydrogens is 272 g/mol. The highest BCUT2D eigenvalue weighted by molar-refractivity contribution is 6.29. The minimum Gasteiger partial charge on any atom is -0.459 e. The molecule has 0 amide bonds. The summed E-state index contributed by atoms with van der Waals surface area (Å²) in [7, 11) is 0. The molecule has 0 spiro atoms. The zero-order chi connectivity index (χ0) is 14.1. The van der Waals surface area contributed by atoms with Crippen LogP contribution in [0.15, 0.2) is 47.0 Å². The Morgan fingerprint density at radius 2 is 2.00 bits per heavy atom. The molecule has 1 unspecified atom stereocenters. The lowest BCUT2D eigenvalue weighted by molar-refractivity contribution is 0.522. The van der Waals surface area contributed by atoms with Crippen LogP contribution in [0.2, 0.25) is 5.15 Å². The van der Waals surface area contributed by atoms with E-state index in [0.29, 0.717) is 5.15 Å². The van der Waals surface area contributed by atoms with Crippen molar-refractivity contribution in [1.29, 1.82) is 0 Å². The van der Waals surface area contributed by atoms with E-state index in [1.807, 2.05) is 24.3 Å². The number of hydrogen-bond acceptors (Lipinski definition) is 3. The van der Waals surface area contributed by atoms with E-state index in [0.717, 1.165) is 22.4 Å². The summed E-state index contributed by atoms with van der Waals surface area (Å²) < 4.78 is 5.95. The van der Waals surface area contributed by atoms with Crippen LogP contribution in [0, 0.1) is 6.92 Å². The van der Waals surface area contributed by atoms with Crippen molar-refractivity contribution in [3.8, 4) is 0 Å². The molecule has 2 aromatic heterocycles. The first-order valence-corrected chi connectivity index (χ1v) is 6.89. The number of nitrogens with zero attached hydrogens (tertiary/aromatic N) is 1. The number of para-hydroxylation sites is 1. The number of nitrogens with one attached hydrogen (secondary N) is 1. The third-order valence-electron chi connectivity index (χ3n) is 3.38. The van der Waals surface area contributed by atoms with Gasteiger partial charge in [0.05, 0.1) is 17.9 Å². The first-order chi connectivity index (χ1) is 9.65. The predicted octanol–water partition coefficient (Wildman–Crippen LogP) is 4.96. The highest BCUT2D eigenvalue weighted by atomic mass is 35.5. The van der Waals surface area contributed by atoms with Gasteiger partial charge >= 0.3 is 0 Å². The fourth-order valence-corrected chi connectivity index (χ4v) is 2.49. The van der Waals surface area contributed by atoms with E-state index in [2.05, 4.69) is 30.2 Å². The second-order valence-electron chi connectivity index (χ2n) is 4.82. The van der Waals surface area contributed by atoms with E-state index in [4.69, 9.17) is 16.0 Å². The van der Waals surface area contributed by atoms with Gasteiger partial charge in [-0.2, -0.15) is 0 Å². The smallest absolute Gasteiger partial charge is 0.134 e. The maximum Gasteiger partial charge on any atom is 0.134 e. The van der Waals surface area contributed by atoms with E-state index in [1.54, 1.807) is 12.3 Å². The van der Waals surface area contributed by atoms with Crippen LogP contribution >= 0.6 is 11.6 Å². The van der Waals surface area contributed by atoms with Crippen molar-refractivity contribution in [1.82, 2.24) is 4.98 Å². The van der Waals surface area contributed by atoms with Crippen molar-refractivity contribution in [3.63, 3.8) is 0 Å². The lowest BCUT2D eigenvalue weighted by Crippen LogP contribution is -2.06. The second-order valence-corrected chi connectivity index (χ2v) is 5.21. The molecule has 0 bridgehead atoms. The summed E-state index contributed by atoms with van der Waals surface area (Å²) >= 11 is 5.79. The van der Waals surface area contributed by atoms with Gasteiger partial charge in [0.2, 0.25) is 0 Å². The molecule has 3 nitrogen and oxygen atoms in total. The monoisotopic (exact) mass is 286 g/mol. The van der Waals surface area contributed by atoms with Crippen LogP contribution in [-0.2, 0) is 0 Å². The minimum atomic E-state index is 0.0605. The number of hydrogen-bond donors (Lipinski definition) is 1. The van der Waals surface area contributed by atoms with E-state index < -0.39 is 0 Å². The maximum atomic E-state index is 5.95. The number of pyridine rings is 1. The maximum absolute atomic E-state index is 5.95. The molecule has 102 valence electrons. The molecule has 4 heteroatoms. The molecule has 0 saturated carbocycles. The van der Waals surface area contributed by atoms with Gasteiger partial charge in [0, 0.05) is 10.9 Å².